The van der Waals surface area contributed by atoms with E-state index in [0.29, 0.717) is 12.1 Å². The van der Waals surface area contributed by atoms with Crippen LogP contribution in [-0.2, 0) is 17.0 Å². The zero-order valence-corrected chi connectivity index (χ0v) is 22.2. The molecule has 0 aromatic rings. The van der Waals surface area contributed by atoms with Gasteiger partial charge in [-0.3, -0.25) is 0 Å². The molecule has 2 fully saturated rings. The van der Waals surface area contributed by atoms with E-state index in [1.807, 2.05) is 0 Å². The van der Waals surface area contributed by atoms with E-state index in [9.17, 15) is 0 Å². The second kappa shape index (κ2) is 15.1. The Morgan fingerprint density at radius 3 is 1.43 bits per heavy atom. The van der Waals surface area contributed by atoms with Gasteiger partial charge in [-0.15, -0.1) is 12.1 Å². The molecule has 0 radical (unpaired) electrons. The predicted molar refractivity (Wildman–Crippen MR) is 123 cm³/mol. The molecule has 0 heterocycles. The van der Waals surface area contributed by atoms with Crippen LogP contribution in [0.1, 0.15) is 86.5 Å². The standard InChI is InChI=1S/C23H44N2.2ClH.Ti/c1-16(2)20-12-7-10-18(5)22(20)24-14-9-15-25-23-19(6)11-8-13-21(23)17(3)4;;;/h16-23H,7-15H2,1-6H3;2*1H;/q-2;;;+2/p-2. The number of halogens is 2. The van der Waals surface area contributed by atoms with Crippen LogP contribution in [-0.4, -0.2) is 25.2 Å². The Morgan fingerprint density at radius 1 is 0.750 bits per heavy atom. The monoisotopic (exact) mass is 466 g/mol. The minimum atomic E-state index is -0.556. The van der Waals surface area contributed by atoms with Crippen LogP contribution in [0.3, 0.4) is 0 Å². The third-order valence-corrected chi connectivity index (χ3v) is 7.15. The maximum atomic E-state index is 5.16. The van der Waals surface area contributed by atoms with Crippen molar-refractivity contribution in [2.75, 3.05) is 13.1 Å². The first kappa shape index (κ1) is 27.2. The fourth-order valence-corrected chi connectivity index (χ4v) is 5.52. The van der Waals surface area contributed by atoms with Gasteiger partial charge in [0.15, 0.2) is 0 Å². The molecule has 2 nitrogen and oxygen atoms in total. The van der Waals surface area contributed by atoms with Crippen LogP contribution in [0.15, 0.2) is 0 Å². The van der Waals surface area contributed by atoms with Crippen molar-refractivity contribution in [2.45, 2.75) is 98.6 Å². The fraction of sp³-hybridized carbons (Fsp3) is 1.00. The van der Waals surface area contributed by atoms with E-state index >= 15 is 0 Å². The van der Waals surface area contributed by atoms with Crippen LogP contribution in [0.4, 0.5) is 0 Å². The number of hydrogen-bond acceptors (Lipinski definition) is 0. The van der Waals surface area contributed by atoms with Crippen LogP contribution >= 0.6 is 18.6 Å². The van der Waals surface area contributed by atoms with Gasteiger partial charge in [-0.25, -0.2) is 0 Å². The Balaban J connectivity index is 0.00000122. The molecule has 0 aromatic heterocycles. The van der Waals surface area contributed by atoms with E-state index in [1.54, 1.807) is 0 Å². The zero-order valence-electron chi connectivity index (χ0n) is 19.1. The Labute approximate surface area is 192 Å². The zero-order chi connectivity index (χ0) is 21.1. The number of hydrogen-bond donors (Lipinski definition) is 0. The van der Waals surface area contributed by atoms with E-state index in [-0.39, 0.29) is 0 Å². The molecule has 2 aliphatic rings. The van der Waals surface area contributed by atoms with Gasteiger partial charge < -0.3 is 10.6 Å². The molecule has 0 amide bonds. The van der Waals surface area contributed by atoms with Crippen LogP contribution < -0.4 is 0 Å². The molecule has 6 atom stereocenters. The summed E-state index contributed by atoms with van der Waals surface area (Å²) in [6, 6.07) is 1.21. The molecule has 0 aromatic carbocycles. The average molecular weight is 467 g/mol. The van der Waals surface area contributed by atoms with E-state index in [1.165, 1.54) is 38.5 Å². The average Bonchev–Trinajstić information content (AvgIpc) is 2.63. The van der Waals surface area contributed by atoms with E-state index in [4.69, 9.17) is 29.2 Å². The Kier molecular flexibility index (Phi) is 14.7. The molecular weight excluding hydrogens is 423 g/mol. The molecular formula is C23H44Cl2N2Ti-2. The molecule has 2 saturated carbocycles. The molecule has 28 heavy (non-hydrogen) atoms. The fourth-order valence-electron chi connectivity index (χ4n) is 5.52. The van der Waals surface area contributed by atoms with Gasteiger partial charge in [-0.1, -0.05) is 110 Å². The molecule has 2 aliphatic carbocycles. The van der Waals surface area contributed by atoms with Crippen molar-refractivity contribution in [1.82, 2.24) is 0 Å². The maximum absolute atomic E-state index is 5.16. The van der Waals surface area contributed by atoms with Gasteiger partial charge in [0.2, 0.25) is 0 Å². The van der Waals surface area contributed by atoms with Crippen molar-refractivity contribution < 1.29 is 17.0 Å². The quantitative estimate of drug-likeness (QED) is 0.253. The first-order valence-electron chi connectivity index (χ1n) is 11.6. The molecule has 0 bridgehead atoms. The number of nitrogens with zero attached hydrogens (tertiary/aromatic N) is 2. The van der Waals surface area contributed by atoms with Gasteiger partial charge in [-0.05, 0) is 11.8 Å². The molecule has 0 aliphatic heterocycles. The van der Waals surface area contributed by atoms with Crippen molar-refractivity contribution in [3.05, 3.63) is 10.6 Å². The molecule has 166 valence electrons. The van der Waals surface area contributed by atoms with Gasteiger partial charge >= 0.3 is 35.6 Å². The van der Waals surface area contributed by atoms with Crippen LogP contribution in [0.5, 0.6) is 0 Å². The van der Waals surface area contributed by atoms with Crippen LogP contribution in [0, 0.1) is 35.5 Å². The summed E-state index contributed by atoms with van der Waals surface area (Å²) < 4.78 is 0. The van der Waals surface area contributed by atoms with Gasteiger partial charge in [-0.2, -0.15) is 13.1 Å². The Bertz CT molecular complexity index is 361. The third-order valence-electron chi connectivity index (χ3n) is 7.15. The Morgan fingerprint density at radius 2 is 1.11 bits per heavy atom. The van der Waals surface area contributed by atoms with Crippen molar-refractivity contribution in [2.24, 2.45) is 35.5 Å². The summed E-state index contributed by atoms with van der Waals surface area (Å²) in [5.74, 6) is 4.73. The van der Waals surface area contributed by atoms with Crippen molar-refractivity contribution in [1.29, 1.82) is 0 Å². The molecule has 0 spiro atoms. The summed E-state index contributed by atoms with van der Waals surface area (Å²) in [6.45, 7) is 16.4. The summed E-state index contributed by atoms with van der Waals surface area (Å²) in [4.78, 5) is 0. The van der Waals surface area contributed by atoms with E-state index < -0.39 is 17.0 Å². The molecule has 6 unspecified atom stereocenters. The summed E-state index contributed by atoms with van der Waals surface area (Å²) >= 11 is -0.556. The van der Waals surface area contributed by atoms with Crippen molar-refractivity contribution in [3.63, 3.8) is 0 Å². The summed E-state index contributed by atoms with van der Waals surface area (Å²) in [5.41, 5.74) is 0. The first-order chi connectivity index (χ1) is 13.3. The Hall–Kier alpha value is 1.21. The molecule has 2 rings (SSSR count). The summed E-state index contributed by atoms with van der Waals surface area (Å²) in [6.07, 6.45) is 9.48. The van der Waals surface area contributed by atoms with Crippen molar-refractivity contribution in [3.8, 4) is 0 Å². The van der Waals surface area contributed by atoms with Crippen LogP contribution in [0.2, 0.25) is 0 Å². The third kappa shape index (κ3) is 9.15. The number of rotatable bonds is 8. The molecule has 0 N–H and O–H groups in total. The van der Waals surface area contributed by atoms with E-state index in [0.717, 1.165) is 55.0 Å². The van der Waals surface area contributed by atoms with Gasteiger partial charge in [0, 0.05) is 0 Å². The predicted octanol–water partition coefficient (Wildman–Crippen LogP) is 8.42. The second-order valence-corrected chi connectivity index (χ2v) is 12.4. The van der Waals surface area contributed by atoms with Gasteiger partial charge in [0.25, 0.3) is 0 Å². The SMILES string of the molecule is CC(C)C1CCCC(C)C1[N-]CCC[N-]C1C(C)CCCC1C(C)C.[Cl][Ti][Cl]. The summed E-state index contributed by atoms with van der Waals surface area (Å²) in [7, 11) is 9.78. The second-order valence-electron chi connectivity index (χ2n) is 9.85. The molecule has 5 heteroatoms. The van der Waals surface area contributed by atoms with Gasteiger partial charge in [0.1, 0.15) is 0 Å². The normalized spacial score (nSPS) is 33.5. The van der Waals surface area contributed by atoms with Crippen LogP contribution in [0.25, 0.3) is 10.6 Å². The van der Waals surface area contributed by atoms with Crippen molar-refractivity contribution >= 4 is 18.6 Å². The first-order valence-corrected chi connectivity index (χ1v) is 15.9. The summed E-state index contributed by atoms with van der Waals surface area (Å²) in [5, 5.41) is 10.3. The molecule has 0 saturated heterocycles. The van der Waals surface area contributed by atoms with Gasteiger partial charge in [0.05, 0.1) is 0 Å². The van der Waals surface area contributed by atoms with E-state index in [2.05, 4.69) is 41.5 Å². The topological polar surface area (TPSA) is 28.2 Å². The minimum absolute atomic E-state index is 0.556.